The highest BCUT2D eigenvalue weighted by atomic mass is 16.5. The van der Waals surface area contributed by atoms with Crippen molar-refractivity contribution < 1.29 is 9.32 Å². The highest BCUT2D eigenvalue weighted by Gasteiger charge is 2.07. The molecular formula is C16H15N3O2. The van der Waals surface area contributed by atoms with E-state index in [-0.39, 0.29) is 12.5 Å². The Morgan fingerprint density at radius 2 is 2.00 bits per heavy atom. The number of hydrogen-bond acceptors (Lipinski definition) is 4. The molecule has 1 aromatic heterocycles. The van der Waals surface area contributed by atoms with Crippen LogP contribution in [0.1, 0.15) is 5.69 Å². The fraction of sp³-hybridized carbons (Fsp3) is 0.125. The number of nitrogens with one attached hydrogen (secondary N) is 2. The number of anilines is 2. The lowest BCUT2D eigenvalue weighted by Gasteiger charge is -2.09. The number of aryl methyl sites for hydroxylation is 1. The molecule has 1 amide bonds. The lowest BCUT2D eigenvalue weighted by atomic mass is 10.1. The molecule has 3 aromatic rings. The molecule has 3 rings (SSSR count). The van der Waals surface area contributed by atoms with E-state index in [0.29, 0.717) is 5.88 Å². The fourth-order valence-electron chi connectivity index (χ4n) is 2.16. The van der Waals surface area contributed by atoms with Gasteiger partial charge in [0.15, 0.2) is 0 Å². The number of carbonyl (C=O) groups excluding carboxylic acids is 1. The van der Waals surface area contributed by atoms with E-state index >= 15 is 0 Å². The maximum absolute atomic E-state index is 11.9. The zero-order valence-electron chi connectivity index (χ0n) is 11.6. The standard InChI is InChI=1S/C16H15N3O2/c1-11-9-16(21-19-11)18-15(20)10-17-14-8-4-6-12-5-2-3-7-13(12)14/h2-9,17H,10H2,1H3,(H,18,20). The Bertz CT molecular complexity index is 775. The highest BCUT2D eigenvalue weighted by Crippen LogP contribution is 2.22. The van der Waals surface area contributed by atoms with Crippen LogP contribution >= 0.6 is 0 Å². The summed E-state index contributed by atoms with van der Waals surface area (Å²) in [6.07, 6.45) is 0. The third-order valence-corrected chi connectivity index (χ3v) is 3.12. The molecule has 0 aliphatic rings. The predicted molar refractivity (Wildman–Crippen MR) is 82.3 cm³/mol. The topological polar surface area (TPSA) is 67.2 Å². The van der Waals surface area contributed by atoms with E-state index in [4.69, 9.17) is 4.52 Å². The Balaban J connectivity index is 1.67. The van der Waals surface area contributed by atoms with Gasteiger partial charge >= 0.3 is 0 Å². The van der Waals surface area contributed by atoms with E-state index in [9.17, 15) is 4.79 Å². The van der Waals surface area contributed by atoms with Gasteiger partial charge in [-0.1, -0.05) is 41.6 Å². The molecule has 0 saturated heterocycles. The first-order valence-corrected chi connectivity index (χ1v) is 6.67. The third-order valence-electron chi connectivity index (χ3n) is 3.12. The fourth-order valence-corrected chi connectivity index (χ4v) is 2.16. The maximum atomic E-state index is 11.9. The first-order chi connectivity index (χ1) is 10.2. The molecule has 0 aliphatic heterocycles. The van der Waals surface area contributed by atoms with Crippen molar-refractivity contribution in [3.05, 3.63) is 54.2 Å². The van der Waals surface area contributed by atoms with E-state index < -0.39 is 0 Å². The number of carbonyl (C=O) groups is 1. The summed E-state index contributed by atoms with van der Waals surface area (Å²) in [5.74, 6) is 0.177. The average Bonchev–Trinajstić information content (AvgIpc) is 2.90. The molecule has 5 heteroatoms. The highest BCUT2D eigenvalue weighted by molar-refractivity contribution is 5.97. The number of aromatic nitrogens is 1. The Morgan fingerprint density at radius 1 is 1.19 bits per heavy atom. The Kier molecular flexibility index (Phi) is 3.55. The van der Waals surface area contributed by atoms with E-state index in [1.54, 1.807) is 13.0 Å². The second kappa shape index (κ2) is 5.66. The molecule has 2 N–H and O–H groups in total. The van der Waals surface area contributed by atoms with Crippen LogP contribution in [0.4, 0.5) is 11.6 Å². The molecule has 0 aliphatic carbocycles. The molecule has 0 saturated carbocycles. The minimum Gasteiger partial charge on any atom is -0.376 e. The number of hydrogen-bond donors (Lipinski definition) is 2. The van der Waals surface area contributed by atoms with Gasteiger partial charge in [-0.2, -0.15) is 0 Å². The lowest BCUT2D eigenvalue weighted by Crippen LogP contribution is -2.21. The molecule has 0 unspecified atom stereocenters. The largest absolute Gasteiger partial charge is 0.376 e. The van der Waals surface area contributed by atoms with Crippen LogP contribution in [0.2, 0.25) is 0 Å². The minimum absolute atomic E-state index is 0.160. The summed E-state index contributed by atoms with van der Waals surface area (Å²) in [4.78, 5) is 11.9. The zero-order chi connectivity index (χ0) is 14.7. The molecule has 0 bridgehead atoms. The molecule has 0 atom stereocenters. The van der Waals surface area contributed by atoms with Crippen molar-refractivity contribution >= 4 is 28.3 Å². The second-order valence-electron chi connectivity index (χ2n) is 4.76. The van der Waals surface area contributed by atoms with E-state index in [2.05, 4.69) is 15.8 Å². The number of fused-ring (bicyclic) bond motifs is 1. The van der Waals surface area contributed by atoms with Gasteiger partial charge in [0.25, 0.3) is 0 Å². The molecule has 106 valence electrons. The molecule has 21 heavy (non-hydrogen) atoms. The molecule has 0 radical (unpaired) electrons. The van der Waals surface area contributed by atoms with Crippen molar-refractivity contribution in [1.82, 2.24) is 5.16 Å². The summed E-state index contributed by atoms with van der Waals surface area (Å²) in [5.41, 5.74) is 1.66. The normalized spacial score (nSPS) is 10.5. The summed E-state index contributed by atoms with van der Waals surface area (Å²) >= 11 is 0. The van der Waals surface area contributed by atoms with E-state index in [1.807, 2.05) is 42.5 Å². The minimum atomic E-state index is -0.181. The van der Waals surface area contributed by atoms with Gasteiger partial charge in [0.1, 0.15) is 0 Å². The van der Waals surface area contributed by atoms with Gasteiger partial charge in [-0.15, -0.1) is 0 Å². The molecule has 0 fully saturated rings. The van der Waals surface area contributed by atoms with Gasteiger partial charge in [0, 0.05) is 17.1 Å². The van der Waals surface area contributed by atoms with Gasteiger partial charge in [-0.3, -0.25) is 10.1 Å². The monoisotopic (exact) mass is 281 g/mol. The van der Waals surface area contributed by atoms with Gasteiger partial charge in [-0.25, -0.2) is 0 Å². The zero-order valence-corrected chi connectivity index (χ0v) is 11.6. The third kappa shape index (κ3) is 3.02. The number of rotatable bonds is 4. The van der Waals surface area contributed by atoms with Crippen molar-refractivity contribution in [3.8, 4) is 0 Å². The Labute approximate surface area is 121 Å². The summed E-state index contributed by atoms with van der Waals surface area (Å²) in [6.45, 7) is 1.96. The lowest BCUT2D eigenvalue weighted by molar-refractivity contribution is -0.114. The number of amides is 1. The number of nitrogens with zero attached hydrogens (tertiary/aromatic N) is 1. The van der Waals surface area contributed by atoms with Crippen LogP contribution in [-0.2, 0) is 4.79 Å². The molecule has 2 aromatic carbocycles. The first-order valence-electron chi connectivity index (χ1n) is 6.67. The predicted octanol–water partition coefficient (Wildman–Crippen LogP) is 3.19. The number of benzene rings is 2. The Morgan fingerprint density at radius 3 is 2.81 bits per heavy atom. The van der Waals surface area contributed by atoms with Crippen LogP contribution in [-0.4, -0.2) is 17.6 Å². The van der Waals surface area contributed by atoms with Gasteiger partial charge in [0.05, 0.1) is 12.2 Å². The summed E-state index contributed by atoms with van der Waals surface area (Å²) in [7, 11) is 0. The van der Waals surface area contributed by atoms with Crippen LogP contribution in [0.5, 0.6) is 0 Å². The first kappa shape index (κ1) is 13.2. The summed E-state index contributed by atoms with van der Waals surface area (Å²) < 4.78 is 4.95. The smallest absolute Gasteiger partial charge is 0.246 e. The van der Waals surface area contributed by atoms with Crippen molar-refractivity contribution in [3.63, 3.8) is 0 Å². The summed E-state index contributed by atoms with van der Waals surface area (Å²) in [6, 6.07) is 15.7. The van der Waals surface area contributed by atoms with Gasteiger partial charge in [0.2, 0.25) is 11.8 Å². The van der Waals surface area contributed by atoms with Crippen LogP contribution in [0.3, 0.4) is 0 Å². The van der Waals surface area contributed by atoms with Crippen molar-refractivity contribution in [1.29, 1.82) is 0 Å². The SMILES string of the molecule is Cc1cc(NC(=O)CNc2cccc3ccccc23)on1. The van der Waals surface area contributed by atoms with Crippen LogP contribution in [0.15, 0.2) is 53.1 Å². The summed E-state index contributed by atoms with van der Waals surface area (Å²) in [5, 5.41) is 11.7. The van der Waals surface area contributed by atoms with Crippen molar-refractivity contribution in [2.45, 2.75) is 6.92 Å². The van der Waals surface area contributed by atoms with Crippen LogP contribution < -0.4 is 10.6 Å². The molecule has 5 nitrogen and oxygen atoms in total. The Hall–Kier alpha value is -2.82. The van der Waals surface area contributed by atoms with Crippen LogP contribution in [0.25, 0.3) is 10.8 Å². The van der Waals surface area contributed by atoms with E-state index in [0.717, 1.165) is 22.2 Å². The van der Waals surface area contributed by atoms with E-state index in [1.165, 1.54) is 0 Å². The van der Waals surface area contributed by atoms with Gasteiger partial charge < -0.3 is 9.84 Å². The molecule has 1 heterocycles. The maximum Gasteiger partial charge on any atom is 0.246 e. The molecular weight excluding hydrogens is 266 g/mol. The van der Waals surface area contributed by atoms with Crippen LogP contribution in [0, 0.1) is 6.92 Å². The van der Waals surface area contributed by atoms with Crippen molar-refractivity contribution in [2.75, 3.05) is 17.2 Å². The van der Waals surface area contributed by atoms with Crippen molar-refractivity contribution in [2.24, 2.45) is 0 Å². The average molecular weight is 281 g/mol. The second-order valence-corrected chi connectivity index (χ2v) is 4.76. The molecule has 0 spiro atoms. The quantitative estimate of drug-likeness (QED) is 0.770. The van der Waals surface area contributed by atoms with Gasteiger partial charge in [-0.05, 0) is 18.4 Å².